The number of amides is 1. The first kappa shape index (κ1) is 15.2. The van der Waals surface area contributed by atoms with Crippen molar-refractivity contribution in [2.75, 3.05) is 20.3 Å². The van der Waals surface area contributed by atoms with Gasteiger partial charge in [0.1, 0.15) is 4.88 Å². The molecule has 20 heavy (non-hydrogen) atoms. The summed E-state index contributed by atoms with van der Waals surface area (Å²) in [5.74, 6) is -0.803. The van der Waals surface area contributed by atoms with Crippen LogP contribution in [0, 0.1) is 0 Å². The quantitative estimate of drug-likeness (QED) is 0.920. The minimum absolute atomic E-state index is 0.0343. The molecule has 1 atom stereocenters. The molecular weight excluding hydrogens is 297 g/mol. The summed E-state index contributed by atoms with van der Waals surface area (Å²) in [6.45, 7) is -0.532. The van der Waals surface area contributed by atoms with Gasteiger partial charge < -0.3 is 14.8 Å². The molecule has 1 aliphatic heterocycles. The molecule has 1 amide bonds. The van der Waals surface area contributed by atoms with E-state index in [1.807, 2.05) is 0 Å². The van der Waals surface area contributed by atoms with Crippen LogP contribution in [0.25, 0.3) is 0 Å². The van der Waals surface area contributed by atoms with Crippen LogP contribution in [-0.4, -0.2) is 42.9 Å². The molecule has 2 heterocycles. The number of thiazole rings is 1. The van der Waals surface area contributed by atoms with Crippen molar-refractivity contribution in [3.05, 3.63) is 16.1 Å². The first-order valence-electron chi connectivity index (χ1n) is 5.78. The zero-order valence-electron chi connectivity index (χ0n) is 10.6. The molecule has 0 radical (unpaired) electrons. The highest BCUT2D eigenvalue weighted by Gasteiger charge is 2.58. The maximum atomic E-state index is 13.1. The number of alkyl halides is 3. The fourth-order valence-electron chi connectivity index (χ4n) is 1.93. The molecule has 1 aliphatic rings. The minimum Gasteiger partial charge on any atom is -0.379 e. The van der Waals surface area contributed by atoms with Crippen LogP contribution < -0.4 is 5.32 Å². The van der Waals surface area contributed by atoms with Gasteiger partial charge in [0.2, 0.25) is 0 Å². The average molecular weight is 310 g/mol. The fraction of sp³-hybridized carbons (Fsp3) is 0.636. The Balaban J connectivity index is 2.19. The van der Waals surface area contributed by atoms with Crippen molar-refractivity contribution in [3.63, 3.8) is 0 Å². The number of carbonyl (C=O) groups excluding carboxylic acids is 1. The van der Waals surface area contributed by atoms with Crippen LogP contribution in [0.4, 0.5) is 13.2 Å². The molecule has 1 saturated heterocycles. The summed E-state index contributed by atoms with van der Waals surface area (Å²) in [7, 11) is 1.42. The monoisotopic (exact) mass is 310 g/mol. The molecule has 5 nitrogen and oxygen atoms in total. The van der Waals surface area contributed by atoms with Crippen LogP contribution in [0.3, 0.4) is 0 Å². The van der Waals surface area contributed by atoms with E-state index >= 15 is 0 Å². The van der Waals surface area contributed by atoms with Crippen molar-refractivity contribution in [1.29, 1.82) is 0 Å². The number of hydrogen-bond donors (Lipinski definition) is 1. The molecule has 2 rings (SSSR count). The summed E-state index contributed by atoms with van der Waals surface area (Å²) >= 11 is 0.979. The van der Waals surface area contributed by atoms with Gasteiger partial charge in [0.05, 0.1) is 24.4 Å². The molecule has 0 saturated carbocycles. The van der Waals surface area contributed by atoms with Crippen LogP contribution in [0.1, 0.15) is 21.8 Å². The van der Waals surface area contributed by atoms with Crippen LogP contribution in [-0.2, 0) is 16.1 Å². The molecule has 0 aliphatic carbocycles. The number of nitrogens with one attached hydrogen (secondary N) is 1. The first-order chi connectivity index (χ1) is 9.39. The van der Waals surface area contributed by atoms with E-state index in [1.54, 1.807) is 0 Å². The number of rotatable bonds is 4. The van der Waals surface area contributed by atoms with Crippen molar-refractivity contribution in [2.24, 2.45) is 0 Å². The smallest absolute Gasteiger partial charge is 0.379 e. The van der Waals surface area contributed by atoms with Crippen molar-refractivity contribution in [3.8, 4) is 0 Å². The molecular formula is C11H13F3N2O3S. The minimum atomic E-state index is -4.56. The predicted octanol–water partition coefficient (Wildman–Crippen LogP) is 1.74. The Labute approximate surface area is 117 Å². The molecule has 1 N–H and O–H groups in total. The maximum absolute atomic E-state index is 13.1. The molecule has 1 fully saturated rings. The second-order valence-corrected chi connectivity index (χ2v) is 5.25. The molecule has 1 unspecified atom stereocenters. The molecule has 9 heteroatoms. The first-order valence-corrected chi connectivity index (χ1v) is 6.66. The Kier molecular flexibility index (Phi) is 4.31. The largest absolute Gasteiger partial charge is 0.413 e. The second kappa shape index (κ2) is 5.66. The lowest BCUT2D eigenvalue weighted by Gasteiger charge is -2.30. The molecule has 0 aromatic carbocycles. The molecule has 1 aromatic rings. The Morgan fingerprint density at radius 2 is 2.40 bits per heavy atom. The number of ether oxygens (including phenoxy) is 2. The van der Waals surface area contributed by atoms with Crippen LogP contribution >= 0.6 is 11.3 Å². The topological polar surface area (TPSA) is 60.5 Å². The summed E-state index contributed by atoms with van der Waals surface area (Å²) in [4.78, 5) is 16.1. The van der Waals surface area contributed by atoms with Crippen molar-refractivity contribution < 1.29 is 27.4 Å². The Morgan fingerprint density at radius 1 is 1.65 bits per heavy atom. The van der Waals surface area contributed by atoms with Gasteiger partial charge in [0.15, 0.2) is 5.54 Å². The van der Waals surface area contributed by atoms with Crippen LogP contribution in [0.15, 0.2) is 5.51 Å². The van der Waals surface area contributed by atoms with Crippen molar-refractivity contribution in [1.82, 2.24) is 10.3 Å². The third-order valence-electron chi connectivity index (χ3n) is 3.05. The predicted molar refractivity (Wildman–Crippen MR) is 64.5 cm³/mol. The van der Waals surface area contributed by atoms with E-state index in [2.05, 4.69) is 10.3 Å². The Morgan fingerprint density at radius 3 is 2.95 bits per heavy atom. The lowest BCUT2D eigenvalue weighted by molar-refractivity contribution is -0.192. The number of aromatic nitrogens is 1. The van der Waals surface area contributed by atoms with E-state index in [-0.39, 0.29) is 24.5 Å². The van der Waals surface area contributed by atoms with Gasteiger partial charge in [-0.05, 0) is 0 Å². The molecule has 0 bridgehead atoms. The van der Waals surface area contributed by atoms with Crippen molar-refractivity contribution in [2.45, 2.75) is 24.7 Å². The SMILES string of the molecule is COCc1ncsc1C(=O)NC1(C(F)(F)F)CCOC1. The highest BCUT2D eigenvalue weighted by atomic mass is 32.1. The number of hydrogen-bond acceptors (Lipinski definition) is 5. The maximum Gasteiger partial charge on any atom is 0.413 e. The van der Waals surface area contributed by atoms with Gasteiger partial charge in [-0.15, -0.1) is 11.3 Å². The van der Waals surface area contributed by atoms with E-state index in [0.29, 0.717) is 5.69 Å². The van der Waals surface area contributed by atoms with E-state index < -0.39 is 24.2 Å². The summed E-state index contributed by atoms with van der Waals surface area (Å²) < 4.78 is 49.1. The molecule has 0 spiro atoms. The van der Waals surface area contributed by atoms with Gasteiger partial charge in [-0.1, -0.05) is 0 Å². The number of nitrogens with zero attached hydrogens (tertiary/aromatic N) is 1. The van der Waals surface area contributed by atoms with Gasteiger partial charge in [0.25, 0.3) is 5.91 Å². The zero-order chi connectivity index (χ0) is 14.8. The van der Waals surface area contributed by atoms with Crippen LogP contribution in [0.2, 0.25) is 0 Å². The van der Waals surface area contributed by atoms with E-state index in [1.165, 1.54) is 12.6 Å². The zero-order valence-corrected chi connectivity index (χ0v) is 11.4. The van der Waals surface area contributed by atoms with Gasteiger partial charge in [0, 0.05) is 20.1 Å². The Bertz CT molecular complexity index is 484. The summed E-state index contributed by atoms with van der Waals surface area (Å²) in [6.07, 6.45) is -4.86. The summed E-state index contributed by atoms with van der Waals surface area (Å²) in [5, 5.41) is 2.06. The Hall–Kier alpha value is -1.19. The van der Waals surface area contributed by atoms with Gasteiger partial charge in [-0.2, -0.15) is 13.2 Å². The normalized spacial score (nSPS) is 23.0. The van der Waals surface area contributed by atoms with Crippen molar-refractivity contribution >= 4 is 17.2 Å². The fourth-order valence-corrected chi connectivity index (χ4v) is 2.62. The highest BCUT2D eigenvalue weighted by Crippen LogP contribution is 2.37. The lowest BCUT2D eigenvalue weighted by Crippen LogP contribution is -2.59. The highest BCUT2D eigenvalue weighted by molar-refractivity contribution is 7.11. The van der Waals surface area contributed by atoms with Gasteiger partial charge in [-0.25, -0.2) is 4.98 Å². The number of halogens is 3. The molecule has 1 aromatic heterocycles. The third-order valence-corrected chi connectivity index (χ3v) is 3.91. The van der Waals surface area contributed by atoms with Gasteiger partial charge >= 0.3 is 6.18 Å². The second-order valence-electron chi connectivity index (χ2n) is 4.40. The van der Waals surface area contributed by atoms with E-state index in [4.69, 9.17) is 9.47 Å². The average Bonchev–Trinajstić information content (AvgIpc) is 2.98. The molecule has 112 valence electrons. The summed E-state index contributed by atoms with van der Waals surface area (Å²) in [5.41, 5.74) is -0.598. The third kappa shape index (κ3) is 2.79. The van der Waals surface area contributed by atoms with E-state index in [9.17, 15) is 18.0 Å². The number of methoxy groups -OCH3 is 1. The van der Waals surface area contributed by atoms with Gasteiger partial charge in [-0.3, -0.25) is 4.79 Å². The van der Waals surface area contributed by atoms with E-state index in [0.717, 1.165) is 11.3 Å². The lowest BCUT2D eigenvalue weighted by atomic mass is 9.98. The standard InChI is InChI=1S/C11H13F3N2O3S/c1-18-4-7-8(20-6-15-7)9(17)16-10(11(12,13)14)2-3-19-5-10/h6H,2-5H2,1H3,(H,16,17). The van der Waals surface area contributed by atoms with Crippen LogP contribution in [0.5, 0.6) is 0 Å². The summed E-state index contributed by atoms with van der Waals surface area (Å²) in [6, 6.07) is 0. The number of carbonyl (C=O) groups is 1.